The van der Waals surface area contributed by atoms with Gasteiger partial charge in [0.1, 0.15) is 5.75 Å². The van der Waals surface area contributed by atoms with Gasteiger partial charge in [0.05, 0.1) is 11.4 Å². The van der Waals surface area contributed by atoms with Crippen molar-refractivity contribution in [1.29, 1.82) is 0 Å². The minimum absolute atomic E-state index is 0.353. The zero-order valence-electron chi connectivity index (χ0n) is 8.99. The normalized spacial score (nSPS) is 12.7. The van der Waals surface area contributed by atoms with Crippen molar-refractivity contribution in [3.05, 3.63) is 42.5 Å². The molecule has 0 unspecified atom stereocenters. The number of benzene rings is 3. The summed E-state index contributed by atoms with van der Waals surface area (Å²) < 4.78 is 0. The average molecular weight is 222 g/mol. The van der Waals surface area contributed by atoms with Crippen LogP contribution in [0.4, 0.5) is 11.4 Å². The van der Waals surface area contributed by atoms with Crippen molar-refractivity contribution in [1.82, 2.24) is 0 Å². The highest BCUT2D eigenvalue weighted by molar-refractivity contribution is 6.21. The van der Waals surface area contributed by atoms with Gasteiger partial charge in [-0.1, -0.05) is 36.4 Å². The van der Waals surface area contributed by atoms with Gasteiger partial charge in [-0.25, -0.2) is 0 Å². The van der Waals surface area contributed by atoms with E-state index in [2.05, 4.69) is 10.9 Å². The van der Waals surface area contributed by atoms with Crippen LogP contribution in [0.5, 0.6) is 5.75 Å². The van der Waals surface area contributed by atoms with Gasteiger partial charge in [0.25, 0.3) is 0 Å². The first-order valence-electron chi connectivity index (χ1n) is 5.54. The lowest BCUT2D eigenvalue weighted by molar-refractivity contribution is 0.488. The second-order valence-corrected chi connectivity index (χ2v) is 4.25. The van der Waals surface area contributed by atoms with Crippen molar-refractivity contribution in [3.8, 4) is 5.75 Å². The molecule has 1 heterocycles. The van der Waals surface area contributed by atoms with Crippen molar-refractivity contribution < 1.29 is 5.11 Å². The highest BCUT2D eigenvalue weighted by Crippen LogP contribution is 2.45. The van der Waals surface area contributed by atoms with E-state index in [0.717, 1.165) is 32.9 Å². The predicted octanol–water partition coefficient (Wildman–Crippen LogP) is 3.45. The van der Waals surface area contributed by atoms with Gasteiger partial charge in [0.2, 0.25) is 0 Å². The fourth-order valence-corrected chi connectivity index (χ4v) is 2.57. The van der Waals surface area contributed by atoms with Gasteiger partial charge in [-0.05, 0) is 6.07 Å². The molecule has 0 amide bonds. The van der Waals surface area contributed by atoms with Crippen LogP contribution in [0.3, 0.4) is 0 Å². The predicted molar refractivity (Wildman–Crippen MR) is 70.4 cm³/mol. The van der Waals surface area contributed by atoms with Gasteiger partial charge < -0.3 is 10.5 Å². The van der Waals surface area contributed by atoms with E-state index >= 15 is 0 Å². The van der Waals surface area contributed by atoms with E-state index in [1.807, 2.05) is 42.5 Å². The first-order valence-corrected chi connectivity index (χ1v) is 5.54. The summed E-state index contributed by atoms with van der Waals surface area (Å²) in [6, 6.07) is 13.8. The highest BCUT2D eigenvalue weighted by Gasteiger charge is 2.19. The van der Waals surface area contributed by atoms with E-state index < -0.39 is 0 Å². The van der Waals surface area contributed by atoms with Crippen LogP contribution in [0.2, 0.25) is 0 Å². The molecule has 0 saturated heterocycles. The number of hydrogen-bond donors (Lipinski definition) is 3. The molecule has 0 atom stereocenters. The molecule has 82 valence electrons. The van der Waals surface area contributed by atoms with Crippen LogP contribution in [-0.2, 0) is 0 Å². The summed E-state index contributed by atoms with van der Waals surface area (Å²) in [6.45, 7) is 0. The van der Waals surface area contributed by atoms with E-state index in [4.69, 9.17) is 0 Å². The van der Waals surface area contributed by atoms with E-state index in [1.165, 1.54) is 0 Å². The van der Waals surface area contributed by atoms with Gasteiger partial charge in [-0.15, -0.1) is 0 Å². The molecule has 3 heteroatoms. The minimum atomic E-state index is 0.353. The van der Waals surface area contributed by atoms with E-state index in [1.54, 1.807) is 0 Å². The Morgan fingerprint density at radius 3 is 2.41 bits per heavy atom. The van der Waals surface area contributed by atoms with E-state index in [-0.39, 0.29) is 0 Å². The Balaban J connectivity index is 2.38. The minimum Gasteiger partial charge on any atom is -0.507 e. The summed E-state index contributed by atoms with van der Waals surface area (Å²) in [5.41, 5.74) is 8.37. The Morgan fingerprint density at radius 1 is 0.765 bits per heavy atom. The summed E-state index contributed by atoms with van der Waals surface area (Å²) in [7, 11) is 0. The largest absolute Gasteiger partial charge is 0.507 e. The number of hydrogen-bond acceptors (Lipinski definition) is 3. The van der Waals surface area contributed by atoms with Crippen molar-refractivity contribution in [3.63, 3.8) is 0 Å². The molecule has 0 spiro atoms. The van der Waals surface area contributed by atoms with Gasteiger partial charge in [-0.3, -0.25) is 5.43 Å². The van der Waals surface area contributed by atoms with Crippen LogP contribution in [0, 0.1) is 0 Å². The maximum atomic E-state index is 10.3. The third kappa shape index (κ3) is 0.959. The van der Waals surface area contributed by atoms with Gasteiger partial charge in [-0.2, -0.15) is 0 Å². The van der Waals surface area contributed by atoms with Crippen molar-refractivity contribution in [2.75, 3.05) is 10.9 Å². The Kier molecular flexibility index (Phi) is 1.45. The van der Waals surface area contributed by atoms with Gasteiger partial charge in [0.15, 0.2) is 0 Å². The first-order chi connectivity index (χ1) is 8.36. The van der Waals surface area contributed by atoms with Crippen LogP contribution in [0.1, 0.15) is 0 Å². The number of nitrogens with one attached hydrogen (secondary N) is 2. The Hall–Kier alpha value is -2.42. The van der Waals surface area contributed by atoms with Crippen molar-refractivity contribution in [2.24, 2.45) is 0 Å². The lowest BCUT2D eigenvalue weighted by Crippen LogP contribution is -2.00. The zero-order chi connectivity index (χ0) is 11.4. The topological polar surface area (TPSA) is 44.3 Å². The second kappa shape index (κ2) is 2.83. The van der Waals surface area contributed by atoms with Crippen molar-refractivity contribution >= 4 is 32.9 Å². The van der Waals surface area contributed by atoms with E-state index in [0.29, 0.717) is 5.75 Å². The molecule has 0 aromatic heterocycles. The van der Waals surface area contributed by atoms with Crippen molar-refractivity contribution in [2.45, 2.75) is 0 Å². The molecular weight excluding hydrogens is 212 g/mol. The molecule has 3 N–H and O–H groups in total. The summed E-state index contributed by atoms with van der Waals surface area (Å²) in [5, 5.41) is 14.2. The first kappa shape index (κ1) is 8.70. The van der Waals surface area contributed by atoms with Crippen LogP contribution in [0.15, 0.2) is 42.5 Å². The third-order valence-electron chi connectivity index (χ3n) is 3.34. The van der Waals surface area contributed by atoms with Gasteiger partial charge >= 0.3 is 0 Å². The molecule has 17 heavy (non-hydrogen) atoms. The molecule has 0 aliphatic carbocycles. The lowest BCUT2D eigenvalue weighted by atomic mass is 9.99. The molecule has 0 saturated carbocycles. The third-order valence-corrected chi connectivity index (χ3v) is 3.34. The Labute approximate surface area is 97.7 Å². The van der Waals surface area contributed by atoms with Crippen LogP contribution in [0.25, 0.3) is 21.5 Å². The smallest absolute Gasteiger partial charge is 0.131 e. The Bertz CT molecular complexity index is 765. The quantitative estimate of drug-likeness (QED) is 0.403. The molecule has 3 aromatic carbocycles. The number of aromatic hydroxyl groups is 1. The van der Waals surface area contributed by atoms with Crippen LogP contribution >= 0.6 is 0 Å². The molecule has 1 aliphatic heterocycles. The number of fused-ring (bicyclic) bond motifs is 2. The standard InChI is InChI=1S/C14H10N2O/c17-14-9-5-2-1-4-8(9)13-12-10(14)6-3-7-11(12)15-16-13/h1-7,15-17H. The van der Waals surface area contributed by atoms with Gasteiger partial charge in [0, 0.05) is 21.5 Å². The number of hydrazine groups is 1. The highest BCUT2D eigenvalue weighted by atomic mass is 16.3. The summed E-state index contributed by atoms with van der Waals surface area (Å²) in [6.07, 6.45) is 0. The van der Waals surface area contributed by atoms with E-state index in [9.17, 15) is 5.11 Å². The molecule has 0 bridgehead atoms. The fourth-order valence-electron chi connectivity index (χ4n) is 2.57. The summed E-state index contributed by atoms with van der Waals surface area (Å²) >= 11 is 0. The molecule has 3 aromatic rings. The molecular formula is C14H10N2O. The summed E-state index contributed by atoms with van der Waals surface area (Å²) in [4.78, 5) is 0. The fraction of sp³-hybridized carbons (Fsp3) is 0. The summed E-state index contributed by atoms with van der Waals surface area (Å²) in [5.74, 6) is 0.353. The second-order valence-electron chi connectivity index (χ2n) is 4.25. The zero-order valence-corrected chi connectivity index (χ0v) is 8.99. The number of rotatable bonds is 0. The number of phenolic OH excluding ortho intramolecular Hbond substituents is 1. The monoisotopic (exact) mass is 222 g/mol. The molecule has 0 fully saturated rings. The van der Waals surface area contributed by atoms with Crippen LogP contribution < -0.4 is 10.9 Å². The average Bonchev–Trinajstić information content (AvgIpc) is 2.81. The lowest BCUT2D eigenvalue weighted by Gasteiger charge is -2.08. The Morgan fingerprint density at radius 2 is 1.53 bits per heavy atom. The molecule has 3 nitrogen and oxygen atoms in total. The SMILES string of the molecule is Oc1c2ccccc2c2c3c(cccc13)NN2. The number of anilines is 2. The molecule has 1 aliphatic rings. The molecule has 4 rings (SSSR count). The number of phenols is 1. The molecule has 0 radical (unpaired) electrons. The maximum absolute atomic E-state index is 10.3. The maximum Gasteiger partial charge on any atom is 0.131 e. The van der Waals surface area contributed by atoms with Crippen LogP contribution in [-0.4, -0.2) is 5.11 Å².